The summed E-state index contributed by atoms with van der Waals surface area (Å²) in [6.45, 7) is 4.34. The number of piperidine rings is 1. The van der Waals surface area contributed by atoms with Crippen molar-refractivity contribution in [3.63, 3.8) is 0 Å². The Kier molecular flexibility index (Phi) is 3.64. The Bertz CT molecular complexity index is 540. The van der Waals surface area contributed by atoms with Crippen LogP contribution >= 0.6 is 0 Å². The van der Waals surface area contributed by atoms with Crippen LogP contribution in [0.4, 0.5) is 5.69 Å². The number of rotatable bonds is 2. The second-order valence-corrected chi connectivity index (χ2v) is 6.79. The first-order valence-electron chi connectivity index (χ1n) is 6.31. The SMILES string of the molecule is Cc1c(N)cccc1S(=O)(=O)N1CCCCC1C. The lowest BCUT2D eigenvalue weighted by Gasteiger charge is -2.32. The molecule has 0 amide bonds. The number of anilines is 1. The zero-order valence-electron chi connectivity index (χ0n) is 10.9. The van der Waals surface area contributed by atoms with Gasteiger partial charge in [-0.05, 0) is 44.4 Å². The molecule has 1 saturated heterocycles. The number of nitrogen functional groups attached to an aromatic ring is 1. The van der Waals surface area contributed by atoms with Crippen LogP contribution in [0.15, 0.2) is 23.1 Å². The topological polar surface area (TPSA) is 63.4 Å². The molecule has 1 aliphatic rings. The smallest absolute Gasteiger partial charge is 0.243 e. The van der Waals surface area contributed by atoms with E-state index in [-0.39, 0.29) is 6.04 Å². The number of sulfonamides is 1. The molecule has 18 heavy (non-hydrogen) atoms. The van der Waals surface area contributed by atoms with Gasteiger partial charge in [-0.25, -0.2) is 8.42 Å². The van der Waals surface area contributed by atoms with Gasteiger partial charge in [-0.3, -0.25) is 0 Å². The minimum absolute atomic E-state index is 0.0737. The molecular weight excluding hydrogens is 248 g/mol. The first kappa shape index (κ1) is 13.4. The Labute approximate surface area is 109 Å². The molecule has 0 radical (unpaired) electrons. The predicted octanol–water partition coefficient (Wildman–Crippen LogP) is 2.14. The first-order valence-corrected chi connectivity index (χ1v) is 7.75. The summed E-state index contributed by atoms with van der Waals surface area (Å²) >= 11 is 0. The van der Waals surface area contributed by atoms with Gasteiger partial charge in [-0.15, -0.1) is 0 Å². The van der Waals surface area contributed by atoms with Crippen molar-refractivity contribution in [3.8, 4) is 0 Å². The van der Waals surface area contributed by atoms with E-state index in [4.69, 9.17) is 5.73 Å². The van der Waals surface area contributed by atoms with Crippen LogP contribution in [0.2, 0.25) is 0 Å². The summed E-state index contributed by atoms with van der Waals surface area (Å²) in [4.78, 5) is 0.344. The summed E-state index contributed by atoms with van der Waals surface area (Å²) in [5, 5.41) is 0. The predicted molar refractivity (Wildman–Crippen MR) is 72.8 cm³/mol. The van der Waals surface area contributed by atoms with Crippen LogP contribution in [0.5, 0.6) is 0 Å². The zero-order chi connectivity index (χ0) is 13.3. The van der Waals surface area contributed by atoms with E-state index in [0.29, 0.717) is 22.7 Å². The number of benzene rings is 1. The average molecular weight is 268 g/mol. The molecule has 2 N–H and O–H groups in total. The normalized spacial score (nSPS) is 22.0. The largest absolute Gasteiger partial charge is 0.398 e. The molecule has 5 heteroatoms. The standard InChI is InChI=1S/C13H20N2O2S/c1-10-6-3-4-9-15(10)18(16,17)13-8-5-7-12(14)11(13)2/h5,7-8,10H,3-4,6,9,14H2,1-2H3. The highest BCUT2D eigenvalue weighted by Crippen LogP contribution is 2.28. The van der Waals surface area contributed by atoms with E-state index in [1.807, 2.05) is 6.92 Å². The Morgan fingerprint density at radius 2 is 2.06 bits per heavy atom. The number of hydrogen-bond donors (Lipinski definition) is 1. The van der Waals surface area contributed by atoms with Crippen LogP contribution in [0, 0.1) is 6.92 Å². The Hall–Kier alpha value is -1.07. The third-order valence-electron chi connectivity index (χ3n) is 3.65. The summed E-state index contributed by atoms with van der Waals surface area (Å²) in [7, 11) is -3.41. The van der Waals surface area contributed by atoms with Crippen molar-refractivity contribution in [2.75, 3.05) is 12.3 Å². The van der Waals surface area contributed by atoms with E-state index < -0.39 is 10.0 Å². The third-order valence-corrected chi connectivity index (χ3v) is 5.81. The van der Waals surface area contributed by atoms with E-state index in [9.17, 15) is 8.42 Å². The Morgan fingerprint density at radius 3 is 2.72 bits per heavy atom. The number of hydrogen-bond acceptors (Lipinski definition) is 3. The molecule has 0 aromatic heterocycles. The molecule has 0 aliphatic carbocycles. The van der Waals surface area contributed by atoms with Gasteiger partial charge < -0.3 is 5.73 Å². The van der Waals surface area contributed by atoms with Crippen LogP contribution in [-0.2, 0) is 10.0 Å². The quantitative estimate of drug-likeness (QED) is 0.836. The minimum atomic E-state index is -3.41. The van der Waals surface area contributed by atoms with Crippen molar-refractivity contribution in [1.29, 1.82) is 0 Å². The summed E-state index contributed by atoms with van der Waals surface area (Å²) < 4.78 is 26.9. The van der Waals surface area contributed by atoms with Crippen LogP contribution in [0.25, 0.3) is 0 Å². The lowest BCUT2D eigenvalue weighted by Crippen LogP contribution is -2.42. The van der Waals surface area contributed by atoms with Crippen molar-refractivity contribution in [2.24, 2.45) is 0 Å². The molecule has 1 unspecified atom stereocenters. The molecule has 1 fully saturated rings. The minimum Gasteiger partial charge on any atom is -0.398 e. The maximum atomic E-state index is 12.6. The Balaban J connectivity index is 2.44. The maximum absolute atomic E-state index is 12.6. The van der Waals surface area contributed by atoms with Crippen molar-refractivity contribution < 1.29 is 8.42 Å². The highest BCUT2D eigenvalue weighted by molar-refractivity contribution is 7.89. The van der Waals surface area contributed by atoms with Gasteiger partial charge in [0.1, 0.15) is 0 Å². The maximum Gasteiger partial charge on any atom is 0.243 e. The zero-order valence-corrected chi connectivity index (χ0v) is 11.7. The molecule has 0 bridgehead atoms. The Morgan fingerprint density at radius 1 is 1.33 bits per heavy atom. The van der Waals surface area contributed by atoms with Crippen LogP contribution < -0.4 is 5.73 Å². The third kappa shape index (κ3) is 2.24. The highest BCUT2D eigenvalue weighted by Gasteiger charge is 2.32. The monoisotopic (exact) mass is 268 g/mol. The van der Waals surface area contributed by atoms with Gasteiger partial charge in [0, 0.05) is 18.3 Å². The summed E-state index contributed by atoms with van der Waals surface area (Å²) in [6, 6.07) is 5.14. The molecule has 1 aromatic rings. The molecule has 1 atom stereocenters. The van der Waals surface area contributed by atoms with Crippen LogP contribution in [-0.4, -0.2) is 25.3 Å². The summed E-state index contributed by atoms with van der Waals surface area (Å²) in [6.07, 6.45) is 2.97. The number of nitrogens with two attached hydrogens (primary N) is 1. The van der Waals surface area contributed by atoms with Crippen LogP contribution in [0.1, 0.15) is 31.7 Å². The van der Waals surface area contributed by atoms with Crippen molar-refractivity contribution >= 4 is 15.7 Å². The fraction of sp³-hybridized carbons (Fsp3) is 0.538. The van der Waals surface area contributed by atoms with Crippen molar-refractivity contribution in [3.05, 3.63) is 23.8 Å². The molecule has 0 spiro atoms. The lowest BCUT2D eigenvalue weighted by atomic mass is 10.1. The first-order chi connectivity index (χ1) is 8.44. The van der Waals surface area contributed by atoms with Gasteiger partial charge in [0.2, 0.25) is 10.0 Å². The molecule has 1 heterocycles. The van der Waals surface area contributed by atoms with E-state index in [1.54, 1.807) is 29.4 Å². The fourth-order valence-corrected chi connectivity index (χ4v) is 4.42. The van der Waals surface area contributed by atoms with Gasteiger partial charge in [0.25, 0.3) is 0 Å². The highest BCUT2D eigenvalue weighted by atomic mass is 32.2. The molecule has 1 aliphatic heterocycles. The van der Waals surface area contributed by atoms with Crippen molar-refractivity contribution in [1.82, 2.24) is 4.31 Å². The molecule has 4 nitrogen and oxygen atoms in total. The second-order valence-electron chi connectivity index (χ2n) is 4.93. The molecule has 100 valence electrons. The van der Waals surface area contributed by atoms with Gasteiger partial charge in [0.15, 0.2) is 0 Å². The van der Waals surface area contributed by atoms with Gasteiger partial charge in [0.05, 0.1) is 4.90 Å². The van der Waals surface area contributed by atoms with Gasteiger partial charge in [-0.1, -0.05) is 12.5 Å². The number of nitrogens with zero attached hydrogens (tertiary/aromatic N) is 1. The van der Waals surface area contributed by atoms with Gasteiger partial charge in [-0.2, -0.15) is 4.31 Å². The van der Waals surface area contributed by atoms with E-state index >= 15 is 0 Å². The van der Waals surface area contributed by atoms with E-state index in [2.05, 4.69) is 0 Å². The summed E-state index contributed by atoms with van der Waals surface area (Å²) in [5.74, 6) is 0. The van der Waals surface area contributed by atoms with Crippen LogP contribution in [0.3, 0.4) is 0 Å². The van der Waals surface area contributed by atoms with Crippen molar-refractivity contribution in [2.45, 2.75) is 44.0 Å². The van der Waals surface area contributed by atoms with E-state index in [1.165, 1.54) is 0 Å². The average Bonchev–Trinajstić information content (AvgIpc) is 2.32. The summed E-state index contributed by atoms with van der Waals surface area (Å²) in [5.41, 5.74) is 6.98. The lowest BCUT2D eigenvalue weighted by molar-refractivity contribution is 0.268. The van der Waals surface area contributed by atoms with Gasteiger partial charge >= 0.3 is 0 Å². The second kappa shape index (κ2) is 4.90. The molecule has 1 aromatic carbocycles. The molecular formula is C13H20N2O2S. The molecule has 2 rings (SSSR count). The van der Waals surface area contributed by atoms with E-state index in [0.717, 1.165) is 19.3 Å². The molecule has 0 saturated carbocycles. The fourth-order valence-electron chi connectivity index (χ4n) is 2.47.